The van der Waals surface area contributed by atoms with Gasteiger partial charge in [-0.25, -0.2) is 9.18 Å². The first-order valence-electron chi connectivity index (χ1n) is 19.4. The maximum atomic E-state index is 14.6. The van der Waals surface area contributed by atoms with Gasteiger partial charge in [0.2, 0.25) is 5.43 Å². The third-order valence-electron chi connectivity index (χ3n) is 10.7. The Labute approximate surface area is 333 Å². The molecule has 1 aromatic heterocycles. The first-order chi connectivity index (χ1) is 27.4. The van der Waals surface area contributed by atoms with Crippen LogP contribution in [0.4, 0.5) is 15.8 Å². The highest BCUT2D eigenvalue weighted by atomic mass is 19.1. The van der Waals surface area contributed by atoms with Gasteiger partial charge in [-0.15, -0.1) is 0 Å². The Balaban J connectivity index is 0.000000179. The van der Waals surface area contributed by atoms with Crippen molar-refractivity contribution in [2.75, 3.05) is 56.0 Å². The van der Waals surface area contributed by atoms with Gasteiger partial charge in [0.15, 0.2) is 6.54 Å². The van der Waals surface area contributed by atoms with Crippen LogP contribution in [0.25, 0.3) is 10.9 Å². The molecule has 4 aromatic carbocycles. The number of anilines is 2. The van der Waals surface area contributed by atoms with Gasteiger partial charge in [0, 0.05) is 55.1 Å². The molecule has 2 heterocycles. The van der Waals surface area contributed by atoms with E-state index in [0.717, 1.165) is 66.9 Å². The van der Waals surface area contributed by atoms with Crippen molar-refractivity contribution >= 4 is 40.1 Å². The zero-order valence-electron chi connectivity index (χ0n) is 33.1. The number of aromatic carboxylic acids is 2. The number of aromatic nitrogens is 1. The fourth-order valence-corrected chi connectivity index (χ4v) is 7.08. The maximum Gasteiger partial charge on any atom is 0.341 e. The predicted octanol–water partition coefficient (Wildman–Crippen LogP) is 5.93. The number of quaternary nitrogens is 1. The molecule has 0 radical (unpaired) electrons. The molecule has 1 saturated carbocycles. The van der Waals surface area contributed by atoms with Crippen LogP contribution in [-0.2, 0) is 11.3 Å². The van der Waals surface area contributed by atoms with Crippen molar-refractivity contribution in [3.8, 4) is 0 Å². The molecule has 1 saturated heterocycles. The van der Waals surface area contributed by atoms with E-state index >= 15 is 0 Å². The largest absolute Gasteiger partial charge is 0.545 e. The minimum absolute atomic E-state index is 0.0898. The lowest BCUT2D eigenvalue weighted by molar-refractivity contribution is -0.930. The summed E-state index contributed by atoms with van der Waals surface area (Å²) in [7, 11) is 0. The number of fused-ring (bicyclic) bond motifs is 1. The van der Waals surface area contributed by atoms with Crippen LogP contribution in [0.15, 0.2) is 102 Å². The Bertz CT molecular complexity index is 2210. The molecule has 0 atom stereocenters. The summed E-state index contributed by atoms with van der Waals surface area (Å²) in [6, 6.07) is 27.7. The number of halogens is 1. The number of aryl methyl sites for hydroxylation is 2. The monoisotopic (exact) mass is 777 g/mol. The molecule has 0 bridgehead atoms. The molecule has 7 rings (SSSR count). The minimum Gasteiger partial charge on any atom is -0.545 e. The van der Waals surface area contributed by atoms with E-state index in [-0.39, 0.29) is 28.5 Å². The molecular weight excluding hydrogens is 726 g/mol. The highest BCUT2D eigenvalue weighted by molar-refractivity contribution is 5.94. The van der Waals surface area contributed by atoms with Crippen molar-refractivity contribution < 1.29 is 33.5 Å². The van der Waals surface area contributed by atoms with Gasteiger partial charge in [-0.2, -0.15) is 0 Å². The summed E-state index contributed by atoms with van der Waals surface area (Å²) in [5.74, 6) is -2.79. The average molecular weight is 778 g/mol. The fourth-order valence-electron chi connectivity index (χ4n) is 7.08. The van der Waals surface area contributed by atoms with Gasteiger partial charge in [-0.3, -0.25) is 9.59 Å². The molecule has 1 amide bonds. The number of para-hydroxylation sites is 1. The number of nitrogens with zero attached hydrogens (tertiary/aromatic N) is 3. The maximum absolute atomic E-state index is 14.6. The number of carboxylic acids is 2. The highest BCUT2D eigenvalue weighted by Gasteiger charge is 2.29. The van der Waals surface area contributed by atoms with E-state index in [1.54, 1.807) is 24.3 Å². The van der Waals surface area contributed by atoms with Gasteiger partial charge in [0.1, 0.15) is 17.9 Å². The lowest BCUT2D eigenvalue weighted by atomic mass is 10.1. The Morgan fingerprint density at radius 3 is 2.02 bits per heavy atom. The van der Waals surface area contributed by atoms with Crippen LogP contribution in [0.2, 0.25) is 0 Å². The van der Waals surface area contributed by atoms with Crippen molar-refractivity contribution in [3.63, 3.8) is 0 Å². The summed E-state index contributed by atoms with van der Waals surface area (Å²) in [6.45, 7) is 14.6. The van der Waals surface area contributed by atoms with Crippen LogP contribution in [0.3, 0.4) is 0 Å². The number of piperazine rings is 1. The van der Waals surface area contributed by atoms with E-state index in [9.17, 15) is 33.8 Å². The van der Waals surface area contributed by atoms with Crippen LogP contribution in [0.1, 0.15) is 70.1 Å². The molecule has 2 fully saturated rings. The summed E-state index contributed by atoms with van der Waals surface area (Å²) in [6.07, 6.45) is 3.29. The molecule has 57 heavy (non-hydrogen) atoms. The van der Waals surface area contributed by atoms with E-state index in [2.05, 4.69) is 48.7 Å². The lowest BCUT2D eigenvalue weighted by Crippen LogP contribution is -2.51. The molecular formula is C45H52FN5O6. The van der Waals surface area contributed by atoms with Crippen molar-refractivity contribution in [3.05, 3.63) is 141 Å². The van der Waals surface area contributed by atoms with Crippen molar-refractivity contribution in [1.82, 2.24) is 9.88 Å². The zero-order valence-corrected chi connectivity index (χ0v) is 33.1. The minimum atomic E-state index is -1.28. The number of benzene rings is 4. The van der Waals surface area contributed by atoms with Crippen LogP contribution in [0, 0.1) is 19.7 Å². The number of hydrogen-bond acceptors (Lipinski definition) is 7. The fraction of sp³-hybridized carbons (Fsp3) is 0.333. The molecule has 2 aliphatic rings. The summed E-state index contributed by atoms with van der Waals surface area (Å²) in [5, 5.41) is 25.8. The molecule has 300 valence electrons. The number of pyridine rings is 1. The molecule has 1 aliphatic carbocycles. The molecule has 12 heteroatoms. The first-order valence-corrected chi connectivity index (χ1v) is 19.4. The third kappa shape index (κ3) is 10.9. The number of rotatable bonds is 11. The van der Waals surface area contributed by atoms with Crippen molar-refractivity contribution in [2.45, 2.75) is 53.1 Å². The average Bonchev–Trinajstić information content (AvgIpc) is 4.06. The smallest absolute Gasteiger partial charge is 0.341 e. The Morgan fingerprint density at radius 1 is 0.895 bits per heavy atom. The standard InChI is InChI=1S/C21H28N2O.C17H18FN3O3.C7H6O2/c1-5-23(6-2,15-19-13-8-7-9-14-19)16-20(24)22-21-17(3)11-10-12-18(21)4;18-13-7-11-14(8-15(13)20-5-3-19-4-6-20)21(10-1-2-10)9-12(16(11)22)17(23)24;8-7(9)6-4-2-1-3-5-6/h7-14H,5-6,15-16H2,1-4H3;7-10,19H,1-6H2,(H,23,24);1-5H,(H,8,9). The third-order valence-corrected chi connectivity index (χ3v) is 10.7. The Hall–Kier alpha value is -5.85. The summed E-state index contributed by atoms with van der Waals surface area (Å²) >= 11 is 0. The van der Waals surface area contributed by atoms with E-state index in [1.807, 2.05) is 47.6 Å². The second-order valence-electron chi connectivity index (χ2n) is 14.6. The molecule has 1 aliphatic heterocycles. The number of nitrogens with one attached hydrogen (secondary N) is 2. The predicted molar refractivity (Wildman–Crippen MR) is 220 cm³/mol. The number of carbonyl (C=O) groups excluding carboxylic acids is 2. The van der Waals surface area contributed by atoms with E-state index in [4.69, 9.17) is 0 Å². The Kier molecular flexibility index (Phi) is 14.3. The number of carbonyl (C=O) groups is 3. The number of hydrogen-bond donors (Lipinski definition) is 3. The molecule has 5 aromatic rings. The zero-order chi connectivity index (χ0) is 41.1. The van der Waals surface area contributed by atoms with Crippen LogP contribution >= 0.6 is 0 Å². The number of amides is 1. The first kappa shape index (κ1) is 42.3. The highest BCUT2D eigenvalue weighted by Crippen LogP contribution is 2.38. The quantitative estimate of drug-likeness (QED) is 0.140. The van der Waals surface area contributed by atoms with Gasteiger partial charge >= 0.3 is 5.97 Å². The van der Waals surface area contributed by atoms with Crippen LogP contribution < -0.4 is 26.1 Å². The van der Waals surface area contributed by atoms with Gasteiger partial charge in [0.05, 0.1) is 30.3 Å². The van der Waals surface area contributed by atoms with Crippen LogP contribution in [-0.4, -0.2) is 77.8 Å². The molecule has 11 nitrogen and oxygen atoms in total. The Morgan fingerprint density at radius 2 is 1.49 bits per heavy atom. The van der Waals surface area contributed by atoms with E-state index < -0.39 is 23.2 Å². The molecule has 3 N–H and O–H groups in total. The van der Waals surface area contributed by atoms with Crippen molar-refractivity contribution in [1.29, 1.82) is 0 Å². The number of likely N-dealkylation sites (N-methyl/N-ethyl adjacent to an activating group) is 1. The van der Waals surface area contributed by atoms with Gasteiger partial charge in [-0.1, -0.05) is 78.9 Å². The molecule has 0 unspecified atom stereocenters. The lowest BCUT2D eigenvalue weighted by Gasteiger charge is -2.36. The normalized spacial score (nSPS) is 13.8. The SMILES string of the molecule is CC[N+](CC)(CC(=O)Nc1c(C)cccc1C)Cc1ccccc1.O=C(O)c1cn(C2CC2)c2cc(N3CCNCC3)c(F)cc2c1=O.O=C([O-])c1ccccc1. The summed E-state index contributed by atoms with van der Waals surface area (Å²) in [4.78, 5) is 48.5. The summed E-state index contributed by atoms with van der Waals surface area (Å²) < 4.78 is 17.2. The van der Waals surface area contributed by atoms with Crippen LogP contribution in [0.5, 0.6) is 0 Å². The van der Waals surface area contributed by atoms with Crippen molar-refractivity contribution in [2.24, 2.45) is 0 Å². The second-order valence-corrected chi connectivity index (χ2v) is 14.6. The van der Waals surface area contributed by atoms with Gasteiger partial charge in [-0.05, 0) is 69.4 Å². The van der Waals surface area contributed by atoms with Gasteiger partial charge in [0.25, 0.3) is 5.91 Å². The number of carboxylic acid groups (broad SMARTS) is 2. The topological polar surface area (TPSA) is 144 Å². The second kappa shape index (κ2) is 19.3. The summed E-state index contributed by atoms with van der Waals surface area (Å²) in [5.41, 5.74) is 4.83. The van der Waals surface area contributed by atoms with E-state index in [0.29, 0.717) is 30.8 Å². The van der Waals surface area contributed by atoms with E-state index in [1.165, 1.54) is 30.0 Å². The molecule has 0 spiro atoms. The van der Waals surface area contributed by atoms with Gasteiger partial charge < -0.3 is 39.6 Å².